The fourth-order valence-electron chi connectivity index (χ4n) is 1.19. The van der Waals surface area contributed by atoms with Crippen LogP contribution in [-0.4, -0.2) is 6.23 Å². The van der Waals surface area contributed by atoms with E-state index >= 15 is 0 Å². The smallest absolute Gasteiger partial charge is 0.147 e. The minimum absolute atomic E-state index is 0.192. The zero-order chi connectivity index (χ0) is 9.68. The Kier molecular flexibility index (Phi) is 3.77. The first-order valence-electron chi connectivity index (χ1n) is 4.66. The summed E-state index contributed by atoms with van der Waals surface area (Å²) in [7, 11) is 0. The molecule has 0 spiro atoms. The lowest BCUT2D eigenvalue weighted by molar-refractivity contribution is 0.181. The molecule has 1 rings (SSSR count). The van der Waals surface area contributed by atoms with Gasteiger partial charge in [0.2, 0.25) is 0 Å². The van der Waals surface area contributed by atoms with Gasteiger partial charge in [-0.1, -0.05) is 32.0 Å². The first-order chi connectivity index (χ1) is 6.18. The summed E-state index contributed by atoms with van der Waals surface area (Å²) < 4.78 is 5.50. The highest BCUT2D eigenvalue weighted by Crippen LogP contribution is 2.12. The SMILES string of the molecule is CC(C)CC(N)Oc1ccccc1. The molecule has 2 N–H and O–H groups in total. The lowest BCUT2D eigenvalue weighted by atomic mass is 10.1. The summed E-state index contributed by atoms with van der Waals surface area (Å²) in [6.45, 7) is 4.27. The molecule has 0 fully saturated rings. The van der Waals surface area contributed by atoms with Crippen LogP contribution in [0.15, 0.2) is 30.3 Å². The topological polar surface area (TPSA) is 35.2 Å². The van der Waals surface area contributed by atoms with E-state index in [9.17, 15) is 0 Å². The van der Waals surface area contributed by atoms with Crippen molar-refractivity contribution in [3.05, 3.63) is 30.3 Å². The van der Waals surface area contributed by atoms with Gasteiger partial charge in [-0.2, -0.15) is 0 Å². The van der Waals surface area contributed by atoms with E-state index in [-0.39, 0.29) is 6.23 Å². The van der Waals surface area contributed by atoms with Crippen molar-refractivity contribution in [3.63, 3.8) is 0 Å². The monoisotopic (exact) mass is 179 g/mol. The van der Waals surface area contributed by atoms with E-state index in [1.54, 1.807) is 0 Å². The molecule has 0 aliphatic heterocycles. The van der Waals surface area contributed by atoms with Crippen LogP contribution < -0.4 is 10.5 Å². The van der Waals surface area contributed by atoms with Crippen LogP contribution in [0.25, 0.3) is 0 Å². The van der Waals surface area contributed by atoms with Crippen LogP contribution >= 0.6 is 0 Å². The highest BCUT2D eigenvalue weighted by molar-refractivity contribution is 5.21. The average Bonchev–Trinajstić information content (AvgIpc) is 2.04. The van der Waals surface area contributed by atoms with Gasteiger partial charge in [0, 0.05) is 6.42 Å². The quantitative estimate of drug-likeness (QED) is 0.720. The van der Waals surface area contributed by atoms with Gasteiger partial charge >= 0.3 is 0 Å². The van der Waals surface area contributed by atoms with E-state index in [1.807, 2.05) is 30.3 Å². The molecule has 1 unspecified atom stereocenters. The van der Waals surface area contributed by atoms with Crippen molar-refractivity contribution >= 4 is 0 Å². The van der Waals surface area contributed by atoms with Gasteiger partial charge in [-0.15, -0.1) is 0 Å². The van der Waals surface area contributed by atoms with Crippen LogP contribution in [0.5, 0.6) is 5.75 Å². The third-order valence-electron chi connectivity index (χ3n) is 1.73. The van der Waals surface area contributed by atoms with Crippen LogP contribution in [0.2, 0.25) is 0 Å². The molecule has 0 radical (unpaired) electrons. The Morgan fingerprint density at radius 2 is 1.85 bits per heavy atom. The van der Waals surface area contributed by atoms with Gasteiger partial charge in [0.05, 0.1) is 0 Å². The molecule has 0 heterocycles. The van der Waals surface area contributed by atoms with Crippen molar-refractivity contribution < 1.29 is 4.74 Å². The second-order valence-corrected chi connectivity index (χ2v) is 3.60. The first-order valence-corrected chi connectivity index (χ1v) is 4.66. The maximum atomic E-state index is 5.78. The molecule has 13 heavy (non-hydrogen) atoms. The molecule has 0 aliphatic carbocycles. The summed E-state index contributed by atoms with van der Waals surface area (Å²) in [5, 5.41) is 0. The Bertz CT molecular complexity index is 233. The van der Waals surface area contributed by atoms with Crippen LogP contribution in [-0.2, 0) is 0 Å². The Balaban J connectivity index is 2.41. The van der Waals surface area contributed by atoms with Gasteiger partial charge in [0.1, 0.15) is 12.0 Å². The molecule has 1 atom stereocenters. The second kappa shape index (κ2) is 4.87. The third kappa shape index (κ3) is 3.95. The molecule has 72 valence electrons. The van der Waals surface area contributed by atoms with Crippen molar-refractivity contribution in [2.75, 3.05) is 0 Å². The number of rotatable bonds is 4. The normalized spacial score (nSPS) is 12.9. The van der Waals surface area contributed by atoms with Crippen molar-refractivity contribution in [2.24, 2.45) is 11.7 Å². The maximum Gasteiger partial charge on any atom is 0.147 e. The van der Waals surface area contributed by atoms with E-state index < -0.39 is 0 Å². The van der Waals surface area contributed by atoms with Crippen LogP contribution in [0.3, 0.4) is 0 Å². The van der Waals surface area contributed by atoms with E-state index in [0.29, 0.717) is 5.92 Å². The number of nitrogens with two attached hydrogens (primary N) is 1. The van der Waals surface area contributed by atoms with Crippen LogP contribution in [0.1, 0.15) is 20.3 Å². The highest BCUT2D eigenvalue weighted by Gasteiger charge is 2.05. The molecule has 0 aliphatic rings. The number of hydrogen-bond acceptors (Lipinski definition) is 2. The largest absolute Gasteiger partial charge is 0.476 e. The standard InChI is InChI=1S/C11H17NO/c1-9(2)8-11(12)13-10-6-4-3-5-7-10/h3-7,9,11H,8,12H2,1-2H3. The molecule has 2 nitrogen and oxygen atoms in total. The van der Waals surface area contributed by atoms with Crippen LogP contribution in [0.4, 0.5) is 0 Å². The summed E-state index contributed by atoms with van der Waals surface area (Å²) >= 11 is 0. The van der Waals surface area contributed by atoms with Gasteiger partial charge in [-0.3, -0.25) is 5.73 Å². The summed E-state index contributed by atoms with van der Waals surface area (Å²) in [6, 6.07) is 9.68. The van der Waals surface area contributed by atoms with E-state index in [4.69, 9.17) is 10.5 Å². The molecule has 0 bridgehead atoms. The summed E-state index contributed by atoms with van der Waals surface area (Å²) in [5.74, 6) is 1.41. The average molecular weight is 179 g/mol. The Hall–Kier alpha value is -1.02. The summed E-state index contributed by atoms with van der Waals surface area (Å²) in [6.07, 6.45) is 0.692. The fourth-order valence-corrected chi connectivity index (χ4v) is 1.19. The molecular formula is C11H17NO. The summed E-state index contributed by atoms with van der Waals surface area (Å²) in [5.41, 5.74) is 5.78. The third-order valence-corrected chi connectivity index (χ3v) is 1.73. The van der Waals surface area contributed by atoms with Gasteiger partial charge < -0.3 is 4.74 Å². The molecule has 0 saturated carbocycles. The number of para-hydroxylation sites is 1. The molecular weight excluding hydrogens is 162 g/mol. The van der Waals surface area contributed by atoms with E-state index in [2.05, 4.69) is 13.8 Å². The van der Waals surface area contributed by atoms with Gasteiger partial charge in [-0.05, 0) is 18.1 Å². The fraction of sp³-hybridized carbons (Fsp3) is 0.455. The second-order valence-electron chi connectivity index (χ2n) is 3.60. The molecule has 1 aromatic carbocycles. The Morgan fingerprint density at radius 3 is 2.38 bits per heavy atom. The molecule has 0 saturated heterocycles. The molecule has 1 aromatic rings. The lowest BCUT2D eigenvalue weighted by Gasteiger charge is -2.15. The van der Waals surface area contributed by atoms with Crippen molar-refractivity contribution in [1.29, 1.82) is 0 Å². The Labute approximate surface area is 79.7 Å². The predicted octanol–water partition coefficient (Wildman–Crippen LogP) is 2.40. The van der Waals surface area contributed by atoms with Crippen molar-refractivity contribution in [3.8, 4) is 5.75 Å². The van der Waals surface area contributed by atoms with Gasteiger partial charge in [0.25, 0.3) is 0 Å². The first kappa shape index (κ1) is 10.1. The zero-order valence-corrected chi connectivity index (χ0v) is 8.23. The lowest BCUT2D eigenvalue weighted by Crippen LogP contribution is -2.28. The number of benzene rings is 1. The minimum atomic E-state index is -0.192. The highest BCUT2D eigenvalue weighted by atomic mass is 16.5. The van der Waals surface area contributed by atoms with Crippen molar-refractivity contribution in [2.45, 2.75) is 26.5 Å². The number of hydrogen-bond donors (Lipinski definition) is 1. The van der Waals surface area contributed by atoms with Crippen molar-refractivity contribution in [1.82, 2.24) is 0 Å². The van der Waals surface area contributed by atoms with Gasteiger partial charge in [-0.25, -0.2) is 0 Å². The molecule has 0 amide bonds. The predicted molar refractivity (Wildman–Crippen MR) is 54.5 cm³/mol. The van der Waals surface area contributed by atoms with E-state index in [0.717, 1.165) is 12.2 Å². The van der Waals surface area contributed by atoms with Gasteiger partial charge in [0.15, 0.2) is 0 Å². The minimum Gasteiger partial charge on any atom is -0.476 e. The number of ether oxygens (including phenoxy) is 1. The molecule has 0 aromatic heterocycles. The Morgan fingerprint density at radius 1 is 1.23 bits per heavy atom. The van der Waals surface area contributed by atoms with Crippen LogP contribution in [0, 0.1) is 5.92 Å². The summed E-state index contributed by atoms with van der Waals surface area (Å²) in [4.78, 5) is 0. The maximum absolute atomic E-state index is 5.78. The molecule has 2 heteroatoms. The zero-order valence-electron chi connectivity index (χ0n) is 8.23. The van der Waals surface area contributed by atoms with E-state index in [1.165, 1.54) is 0 Å².